The Morgan fingerprint density at radius 3 is 2.35 bits per heavy atom. The van der Waals surface area contributed by atoms with Gasteiger partial charge in [0, 0.05) is 13.1 Å². The van der Waals surface area contributed by atoms with Gasteiger partial charge in [0.25, 0.3) is 0 Å². The summed E-state index contributed by atoms with van der Waals surface area (Å²) >= 11 is 0. The molecule has 5 heteroatoms. The Morgan fingerprint density at radius 1 is 1.20 bits per heavy atom. The first kappa shape index (κ1) is 14.2. The number of benzene rings is 1. The Hall–Kier alpha value is -2.17. The molecule has 1 saturated carbocycles. The molecule has 1 aromatic rings. The van der Waals surface area contributed by atoms with Crippen molar-refractivity contribution in [3.05, 3.63) is 48.3 Å². The molecule has 0 saturated heterocycles. The summed E-state index contributed by atoms with van der Waals surface area (Å²) in [7, 11) is 0. The maximum absolute atomic E-state index is 12.8. The minimum atomic E-state index is -0.928. The van der Waals surface area contributed by atoms with Gasteiger partial charge in [0.15, 0.2) is 0 Å². The largest absolute Gasteiger partial charge is 0.352 e. The molecule has 0 radical (unpaired) electrons. The second-order valence-corrected chi connectivity index (χ2v) is 4.89. The van der Waals surface area contributed by atoms with E-state index in [-0.39, 0.29) is 24.2 Å². The Kier molecular flexibility index (Phi) is 4.17. The number of hydrogen-bond acceptors (Lipinski definition) is 2. The monoisotopic (exact) mass is 276 g/mol. The molecule has 0 atom stereocenters. The Morgan fingerprint density at radius 2 is 1.80 bits per heavy atom. The van der Waals surface area contributed by atoms with E-state index in [4.69, 9.17) is 0 Å². The zero-order valence-electron chi connectivity index (χ0n) is 11.1. The smallest absolute Gasteiger partial charge is 0.235 e. The highest BCUT2D eigenvalue weighted by atomic mass is 19.1. The number of carbonyl (C=O) groups excluding carboxylic acids is 2. The molecule has 0 unspecified atom stereocenters. The first-order chi connectivity index (χ1) is 9.58. The quantitative estimate of drug-likeness (QED) is 0.611. The van der Waals surface area contributed by atoms with Crippen molar-refractivity contribution in [1.82, 2.24) is 10.6 Å². The Balaban J connectivity index is 1.90. The maximum atomic E-state index is 12.8. The van der Waals surface area contributed by atoms with Crippen LogP contribution in [-0.4, -0.2) is 18.4 Å². The molecule has 2 N–H and O–H groups in total. The van der Waals surface area contributed by atoms with E-state index in [1.165, 1.54) is 12.1 Å². The van der Waals surface area contributed by atoms with E-state index in [0.29, 0.717) is 19.4 Å². The van der Waals surface area contributed by atoms with Gasteiger partial charge in [0.2, 0.25) is 11.8 Å². The van der Waals surface area contributed by atoms with Gasteiger partial charge < -0.3 is 10.6 Å². The van der Waals surface area contributed by atoms with Gasteiger partial charge in [-0.3, -0.25) is 9.59 Å². The number of rotatable bonds is 6. The van der Waals surface area contributed by atoms with Crippen molar-refractivity contribution in [3.63, 3.8) is 0 Å². The molecule has 4 nitrogen and oxygen atoms in total. The standard InChI is InChI=1S/C15H17FN2O2/c1-2-9-17-13(19)15(7-8-15)14(20)18-10-11-3-5-12(16)6-4-11/h2-6H,1,7-10H2,(H,17,19)(H,18,20). The van der Waals surface area contributed by atoms with Gasteiger partial charge in [-0.15, -0.1) is 6.58 Å². The Bertz CT molecular complexity index is 521. The van der Waals surface area contributed by atoms with Gasteiger partial charge in [-0.05, 0) is 30.5 Å². The van der Waals surface area contributed by atoms with Crippen LogP contribution >= 0.6 is 0 Å². The predicted octanol–water partition coefficient (Wildman–Crippen LogP) is 1.52. The molecule has 0 spiro atoms. The summed E-state index contributed by atoms with van der Waals surface area (Å²) < 4.78 is 12.8. The lowest BCUT2D eigenvalue weighted by Crippen LogP contribution is -2.42. The van der Waals surface area contributed by atoms with E-state index in [1.54, 1.807) is 18.2 Å². The van der Waals surface area contributed by atoms with Gasteiger partial charge in [-0.1, -0.05) is 18.2 Å². The second kappa shape index (κ2) is 5.86. The van der Waals surface area contributed by atoms with Gasteiger partial charge >= 0.3 is 0 Å². The minimum Gasteiger partial charge on any atom is -0.352 e. The number of carbonyl (C=O) groups is 2. The highest BCUT2D eigenvalue weighted by Crippen LogP contribution is 2.46. The van der Waals surface area contributed by atoms with Crippen LogP contribution in [-0.2, 0) is 16.1 Å². The number of amides is 2. The van der Waals surface area contributed by atoms with Crippen LogP contribution in [0.25, 0.3) is 0 Å². The van der Waals surface area contributed by atoms with Crippen LogP contribution in [0.5, 0.6) is 0 Å². The van der Waals surface area contributed by atoms with Gasteiger partial charge in [-0.2, -0.15) is 0 Å². The van der Waals surface area contributed by atoms with E-state index in [2.05, 4.69) is 17.2 Å². The molecule has 1 aromatic carbocycles. The molecule has 2 amide bonds. The summed E-state index contributed by atoms with van der Waals surface area (Å²) in [5, 5.41) is 5.38. The van der Waals surface area contributed by atoms with Crippen molar-refractivity contribution in [2.75, 3.05) is 6.54 Å². The molecule has 0 heterocycles. The normalized spacial score (nSPS) is 15.2. The van der Waals surface area contributed by atoms with Crippen LogP contribution in [0.3, 0.4) is 0 Å². The van der Waals surface area contributed by atoms with Crippen molar-refractivity contribution in [2.45, 2.75) is 19.4 Å². The summed E-state index contributed by atoms with van der Waals surface area (Å²) in [6.45, 7) is 4.16. The van der Waals surface area contributed by atoms with Gasteiger partial charge in [-0.25, -0.2) is 4.39 Å². The lowest BCUT2D eigenvalue weighted by Gasteiger charge is -2.14. The molecule has 1 aliphatic carbocycles. The van der Waals surface area contributed by atoms with Crippen LogP contribution in [0.2, 0.25) is 0 Å². The third kappa shape index (κ3) is 3.04. The molecule has 0 aromatic heterocycles. The van der Waals surface area contributed by atoms with Crippen molar-refractivity contribution in [3.8, 4) is 0 Å². The summed E-state index contributed by atoms with van der Waals surface area (Å²) in [5.41, 5.74) is -0.134. The third-order valence-corrected chi connectivity index (χ3v) is 3.39. The topological polar surface area (TPSA) is 58.2 Å². The van der Waals surface area contributed by atoms with Crippen molar-refractivity contribution in [1.29, 1.82) is 0 Å². The van der Waals surface area contributed by atoms with Crippen LogP contribution in [0, 0.1) is 11.2 Å². The van der Waals surface area contributed by atoms with Crippen LogP contribution in [0.15, 0.2) is 36.9 Å². The molecular formula is C15H17FN2O2. The molecule has 106 valence electrons. The van der Waals surface area contributed by atoms with Crippen LogP contribution in [0.1, 0.15) is 18.4 Å². The summed E-state index contributed by atoms with van der Waals surface area (Å²) in [6.07, 6.45) is 2.70. The predicted molar refractivity (Wildman–Crippen MR) is 73.1 cm³/mol. The molecule has 1 fully saturated rings. The fourth-order valence-electron chi connectivity index (χ4n) is 1.97. The first-order valence-electron chi connectivity index (χ1n) is 6.50. The molecule has 2 rings (SSSR count). The SMILES string of the molecule is C=CCNC(=O)C1(C(=O)NCc2ccc(F)cc2)CC1. The molecule has 1 aliphatic rings. The highest BCUT2D eigenvalue weighted by Gasteiger charge is 2.56. The number of hydrogen-bond donors (Lipinski definition) is 2. The average molecular weight is 276 g/mol. The first-order valence-corrected chi connectivity index (χ1v) is 6.50. The zero-order chi connectivity index (χ0) is 14.6. The molecule has 0 aliphatic heterocycles. The lowest BCUT2D eigenvalue weighted by atomic mass is 10.0. The molecular weight excluding hydrogens is 259 g/mol. The van der Waals surface area contributed by atoms with E-state index in [9.17, 15) is 14.0 Å². The molecule has 20 heavy (non-hydrogen) atoms. The lowest BCUT2D eigenvalue weighted by molar-refractivity contribution is -0.137. The van der Waals surface area contributed by atoms with Crippen LogP contribution in [0.4, 0.5) is 4.39 Å². The fraction of sp³-hybridized carbons (Fsp3) is 0.333. The summed E-state index contributed by atoms with van der Waals surface area (Å²) in [5.74, 6) is -0.847. The maximum Gasteiger partial charge on any atom is 0.235 e. The molecule has 0 bridgehead atoms. The minimum absolute atomic E-state index is 0.256. The van der Waals surface area contributed by atoms with Crippen LogP contribution < -0.4 is 10.6 Å². The van der Waals surface area contributed by atoms with Gasteiger partial charge in [0.1, 0.15) is 11.2 Å². The Labute approximate surface area is 117 Å². The second-order valence-electron chi connectivity index (χ2n) is 4.89. The van der Waals surface area contributed by atoms with E-state index in [0.717, 1.165) is 5.56 Å². The third-order valence-electron chi connectivity index (χ3n) is 3.39. The number of halogens is 1. The van der Waals surface area contributed by atoms with Gasteiger partial charge in [0.05, 0.1) is 0 Å². The van der Waals surface area contributed by atoms with E-state index < -0.39 is 5.41 Å². The van der Waals surface area contributed by atoms with Crippen molar-refractivity contribution >= 4 is 11.8 Å². The summed E-state index contributed by atoms with van der Waals surface area (Å²) in [4.78, 5) is 24.0. The van der Waals surface area contributed by atoms with Crippen molar-refractivity contribution in [2.24, 2.45) is 5.41 Å². The fourth-order valence-corrected chi connectivity index (χ4v) is 1.97. The zero-order valence-corrected chi connectivity index (χ0v) is 11.1. The summed E-state index contributed by atoms with van der Waals surface area (Å²) in [6, 6.07) is 5.89. The number of nitrogens with one attached hydrogen (secondary N) is 2. The highest BCUT2D eigenvalue weighted by molar-refractivity contribution is 6.07. The van der Waals surface area contributed by atoms with E-state index in [1.807, 2.05) is 0 Å². The van der Waals surface area contributed by atoms with Crippen molar-refractivity contribution < 1.29 is 14.0 Å². The van der Waals surface area contributed by atoms with E-state index >= 15 is 0 Å². The average Bonchev–Trinajstić information content (AvgIpc) is 3.25.